The Balaban J connectivity index is 1.65. The molecule has 4 rings (SSSR count). The molecule has 0 atom stereocenters. The van der Waals surface area contributed by atoms with Gasteiger partial charge in [-0.3, -0.25) is 9.59 Å². The van der Waals surface area contributed by atoms with Gasteiger partial charge in [-0.15, -0.1) is 11.3 Å². The largest absolute Gasteiger partial charge is 0.326 e. The highest BCUT2D eigenvalue weighted by atomic mass is 32.1. The molecule has 0 saturated carbocycles. The average molecular weight is 414 g/mol. The number of ketones is 1. The highest BCUT2D eigenvalue weighted by Gasteiger charge is 2.12. The number of nitrogens with zero attached hydrogens (tertiary/aromatic N) is 2. The number of nitrogens with one attached hydrogen (secondary N) is 1. The van der Waals surface area contributed by atoms with Gasteiger partial charge in [0.2, 0.25) is 5.91 Å². The van der Waals surface area contributed by atoms with Crippen LogP contribution in [0.5, 0.6) is 0 Å². The fourth-order valence-electron chi connectivity index (χ4n) is 3.04. The summed E-state index contributed by atoms with van der Waals surface area (Å²) in [6.07, 6.45) is 5.24. The molecule has 0 radical (unpaired) electrons. The number of carbonyl (C=O) groups is 2. The topological polar surface area (TPSA) is 64.0 Å². The van der Waals surface area contributed by atoms with Crippen molar-refractivity contribution in [1.82, 2.24) is 9.78 Å². The molecular weight excluding hydrogens is 394 g/mol. The van der Waals surface area contributed by atoms with Gasteiger partial charge in [-0.1, -0.05) is 36.4 Å². The van der Waals surface area contributed by atoms with E-state index in [9.17, 15) is 9.59 Å². The van der Waals surface area contributed by atoms with Crippen LogP contribution in [0, 0.1) is 0 Å². The first kappa shape index (κ1) is 19.5. The highest BCUT2D eigenvalue weighted by Crippen LogP contribution is 2.28. The second kappa shape index (κ2) is 8.71. The number of para-hydroxylation sites is 1. The maximum atomic E-state index is 12.7. The predicted molar refractivity (Wildman–Crippen MR) is 121 cm³/mol. The molecule has 6 heteroatoms. The molecule has 0 aliphatic heterocycles. The number of aromatic nitrogens is 2. The summed E-state index contributed by atoms with van der Waals surface area (Å²) >= 11 is 1.60. The SMILES string of the molecule is CC(=O)Nc1cccc(C(=O)/C=C/c2cn(-c3ccccc3)nc2-c2cccs2)c1. The van der Waals surface area contributed by atoms with Crippen LogP contribution in [0.4, 0.5) is 5.69 Å². The molecule has 1 amide bonds. The van der Waals surface area contributed by atoms with E-state index in [2.05, 4.69) is 5.32 Å². The molecule has 4 aromatic rings. The minimum absolute atomic E-state index is 0.146. The Morgan fingerprint density at radius 2 is 1.87 bits per heavy atom. The third kappa shape index (κ3) is 4.45. The number of rotatable bonds is 6. The second-order valence-corrected chi connectivity index (χ2v) is 7.60. The number of amides is 1. The molecule has 0 spiro atoms. The molecule has 0 aliphatic rings. The molecule has 0 fully saturated rings. The van der Waals surface area contributed by atoms with E-state index >= 15 is 0 Å². The lowest BCUT2D eigenvalue weighted by atomic mass is 10.1. The first-order chi connectivity index (χ1) is 14.6. The molecule has 0 unspecified atom stereocenters. The van der Waals surface area contributed by atoms with Crippen LogP contribution in [-0.4, -0.2) is 21.5 Å². The predicted octanol–water partition coefficient (Wildman–Crippen LogP) is 5.46. The Bertz CT molecular complexity index is 1210. The van der Waals surface area contributed by atoms with E-state index < -0.39 is 0 Å². The van der Waals surface area contributed by atoms with Crippen LogP contribution in [0.15, 0.2) is 84.4 Å². The van der Waals surface area contributed by atoms with Gasteiger partial charge in [0.05, 0.1) is 10.6 Å². The Morgan fingerprint density at radius 1 is 1.03 bits per heavy atom. The van der Waals surface area contributed by atoms with Crippen molar-refractivity contribution in [3.05, 3.63) is 95.5 Å². The monoisotopic (exact) mass is 413 g/mol. The maximum absolute atomic E-state index is 12.7. The lowest BCUT2D eigenvalue weighted by Crippen LogP contribution is -2.06. The van der Waals surface area contributed by atoms with E-state index in [4.69, 9.17) is 5.10 Å². The Morgan fingerprint density at radius 3 is 2.60 bits per heavy atom. The third-order valence-electron chi connectivity index (χ3n) is 4.40. The fourth-order valence-corrected chi connectivity index (χ4v) is 3.77. The summed E-state index contributed by atoms with van der Waals surface area (Å²) in [6.45, 7) is 1.44. The van der Waals surface area contributed by atoms with E-state index in [-0.39, 0.29) is 11.7 Å². The lowest BCUT2D eigenvalue weighted by molar-refractivity contribution is -0.114. The van der Waals surface area contributed by atoms with Crippen LogP contribution in [0.3, 0.4) is 0 Å². The smallest absolute Gasteiger partial charge is 0.221 e. The molecule has 2 aromatic heterocycles. The Labute approximate surface area is 178 Å². The van der Waals surface area contributed by atoms with Gasteiger partial charge in [0.15, 0.2) is 5.78 Å². The summed E-state index contributed by atoms with van der Waals surface area (Å²) in [5.74, 6) is -0.323. The van der Waals surface area contributed by atoms with Gasteiger partial charge in [-0.25, -0.2) is 4.68 Å². The van der Waals surface area contributed by atoms with Gasteiger partial charge in [-0.2, -0.15) is 5.10 Å². The average Bonchev–Trinajstić information content (AvgIpc) is 3.42. The van der Waals surface area contributed by atoms with E-state index in [1.54, 1.807) is 41.7 Å². The van der Waals surface area contributed by atoms with Gasteiger partial charge < -0.3 is 5.32 Å². The van der Waals surface area contributed by atoms with Crippen molar-refractivity contribution in [3.8, 4) is 16.3 Å². The maximum Gasteiger partial charge on any atom is 0.221 e. The van der Waals surface area contributed by atoms with E-state index in [0.717, 1.165) is 21.8 Å². The number of thiophene rings is 1. The first-order valence-electron chi connectivity index (χ1n) is 9.39. The van der Waals surface area contributed by atoms with Crippen LogP contribution in [-0.2, 0) is 4.79 Å². The van der Waals surface area contributed by atoms with E-state index in [0.29, 0.717) is 11.3 Å². The standard InChI is InChI=1S/C24H19N3O2S/c1-17(28)25-20-8-5-7-18(15-20)22(29)13-12-19-16-27(21-9-3-2-4-10-21)26-24(19)23-11-6-14-30-23/h2-16H,1H3,(H,25,28)/b13-12+. The van der Waals surface area contributed by atoms with Crippen molar-refractivity contribution in [2.45, 2.75) is 6.92 Å². The van der Waals surface area contributed by atoms with Crippen LogP contribution < -0.4 is 5.32 Å². The lowest BCUT2D eigenvalue weighted by Gasteiger charge is -2.03. The van der Waals surface area contributed by atoms with Gasteiger partial charge in [-0.05, 0) is 47.9 Å². The normalized spacial score (nSPS) is 11.0. The Kier molecular flexibility index (Phi) is 5.68. The molecule has 0 saturated heterocycles. The summed E-state index contributed by atoms with van der Waals surface area (Å²) in [6, 6.07) is 20.7. The second-order valence-electron chi connectivity index (χ2n) is 6.65. The number of allylic oxidation sites excluding steroid dienone is 1. The number of anilines is 1. The molecule has 1 N–H and O–H groups in total. The molecular formula is C24H19N3O2S. The first-order valence-corrected chi connectivity index (χ1v) is 10.3. The van der Waals surface area contributed by atoms with E-state index in [1.165, 1.54) is 13.0 Å². The van der Waals surface area contributed by atoms with Crippen LogP contribution >= 0.6 is 11.3 Å². The zero-order valence-corrected chi connectivity index (χ0v) is 17.1. The Hall–Kier alpha value is -3.77. The van der Waals surface area contributed by atoms with Crippen LogP contribution in [0.2, 0.25) is 0 Å². The third-order valence-corrected chi connectivity index (χ3v) is 5.28. The minimum atomic E-state index is -0.177. The van der Waals surface area contributed by atoms with Crippen molar-refractivity contribution < 1.29 is 9.59 Å². The quantitative estimate of drug-likeness (QED) is 0.337. The summed E-state index contributed by atoms with van der Waals surface area (Å²) in [5.41, 5.74) is 3.73. The van der Waals surface area contributed by atoms with Crippen molar-refractivity contribution in [2.75, 3.05) is 5.32 Å². The number of hydrogen-bond acceptors (Lipinski definition) is 4. The molecule has 0 bridgehead atoms. The molecule has 5 nitrogen and oxygen atoms in total. The van der Waals surface area contributed by atoms with Gasteiger partial charge in [0, 0.05) is 29.9 Å². The van der Waals surface area contributed by atoms with Crippen molar-refractivity contribution in [2.24, 2.45) is 0 Å². The fraction of sp³-hybridized carbons (Fsp3) is 0.0417. The number of carbonyl (C=O) groups excluding carboxylic acids is 2. The zero-order valence-electron chi connectivity index (χ0n) is 16.3. The molecule has 30 heavy (non-hydrogen) atoms. The van der Waals surface area contributed by atoms with Crippen molar-refractivity contribution in [1.29, 1.82) is 0 Å². The zero-order chi connectivity index (χ0) is 20.9. The van der Waals surface area contributed by atoms with Crippen molar-refractivity contribution >= 4 is 34.8 Å². The molecule has 0 aliphatic carbocycles. The minimum Gasteiger partial charge on any atom is -0.326 e. The summed E-state index contributed by atoms with van der Waals surface area (Å²) < 4.78 is 1.82. The highest BCUT2D eigenvalue weighted by molar-refractivity contribution is 7.13. The van der Waals surface area contributed by atoms with Gasteiger partial charge in [0.1, 0.15) is 5.69 Å². The van der Waals surface area contributed by atoms with Crippen LogP contribution in [0.1, 0.15) is 22.8 Å². The van der Waals surface area contributed by atoms with Crippen LogP contribution in [0.25, 0.3) is 22.3 Å². The van der Waals surface area contributed by atoms with Gasteiger partial charge in [0.25, 0.3) is 0 Å². The van der Waals surface area contributed by atoms with Crippen molar-refractivity contribution in [3.63, 3.8) is 0 Å². The number of benzene rings is 2. The van der Waals surface area contributed by atoms with Gasteiger partial charge >= 0.3 is 0 Å². The summed E-state index contributed by atoms with van der Waals surface area (Å²) in [4.78, 5) is 25.0. The summed E-state index contributed by atoms with van der Waals surface area (Å²) in [5, 5.41) is 9.44. The molecule has 2 heterocycles. The molecule has 148 valence electrons. The number of hydrogen-bond donors (Lipinski definition) is 1. The summed E-state index contributed by atoms with van der Waals surface area (Å²) in [7, 11) is 0. The van der Waals surface area contributed by atoms with E-state index in [1.807, 2.05) is 58.7 Å². The molecule has 2 aromatic carbocycles.